The smallest absolute Gasteiger partial charge is 0.281 e. The first-order valence-electron chi connectivity index (χ1n) is 7.73. The number of carbonyl (C=O) groups is 1. The first-order valence-corrected chi connectivity index (χ1v) is 8.90. The van der Waals surface area contributed by atoms with Crippen LogP contribution in [0.3, 0.4) is 0 Å². The highest BCUT2D eigenvalue weighted by atomic mass is 79.9. The van der Waals surface area contributed by atoms with Gasteiger partial charge in [-0.05, 0) is 48.9 Å². The van der Waals surface area contributed by atoms with Crippen molar-refractivity contribution in [1.82, 2.24) is 5.43 Å². The molecule has 7 heteroatoms. The summed E-state index contributed by atoms with van der Waals surface area (Å²) in [6.45, 7) is 1.97. The van der Waals surface area contributed by atoms with Crippen molar-refractivity contribution in [3.8, 4) is 11.5 Å². The van der Waals surface area contributed by atoms with Crippen LogP contribution in [0.25, 0.3) is 0 Å². The Hall–Kier alpha value is -2.05. The number of rotatable bonds is 7. The Labute approximate surface area is 159 Å². The largest absolute Gasteiger partial charge is 0.507 e. The summed E-state index contributed by atoms with van der Waals surface area (Å²) in [5, 5.41) is 14.2. The molecule has 0 fully saturated rings. The average molecular weight is 426 g/mol. The van der Waals surface area contributed by atoms with E-state index in [1.807, 2.05) is 6.92 Å². The fourth-order valence-corrected chi connectivity index (χ4v) is 2.55. The minimum absolute atomic E-state index is 0.0729. The molecule has 0 unspecified atom stereocenters. The summed E-state index contributed by atoms with van der Waals surface area (Å²) in [6, 6.07) is 11.8. The van der Waals surface area contributed by atoms with Crippen LogP contribution in [0.15, 0.2) is 52.0 Å². The highest BCUT2D eigenvalue weighted by Crippen LogP contribution is 2.20. The van der Waals surface area contributed by atoms with E-state index in [1.54, 1.807) is 36.4 Å². The highest BCUT2D eigenvalue weighted by Gasteiger charge is 2.19. The van der Waals surface area contributed by atoms with Crippen LogP contribution < -0.4 is 10.2 Å². The van der Waals surface area contributed by atoms with E-state index in [4.69, 9.17) is 16.3 Å². The monoisotopic (exact) mass is 424 g/mol. The number of hydrazone groups is 1. The predicted molar refractivity (Wildman–Crippen MR) is 102 cm³/mol. The van der Waals surface area contributed by atoms with E-state index >= 15 is 0 Å². The van der Waals surface area contributed by atoms with Crippen molar-refractivity contribution in [3.63, 3.8) is 0 Å². The molecule has 0 aliphatic rings. The van der Waals surface area contributed by atoms with Gasteiger partial charge < -0.3 is 9.84 Å². The molecular formula is C18H18BrClN2O3. The lowest BCUT2D eigenvalue weighted by atomic mass is 10.2. The van der Waals surface area contributed by atoms with E-state index in [9.17, 15) is 9.90 Å². The Bertz CT molecular complexity index is 750. The van der Waals surface area contributed by atoms with Crippen LogP contribution in [0, 0.1) is 0 Å². The minimum atomic E-state index is -0.667. The minimum Gasteiger partial charge on any atom is -0.507 e. The third kappa shape index (κ3) is 6.07. The second-order valence-corrected chi connectivity index (χ2v) is 6.64. The third-order valence-electron chi connectivity index (χ3n) is 3.30. The molecule has 0 bridgehead atoms. The van der Waals surface area contributed by atoms with Gasteiger partial charge in [0.15, 0.2) is 6.10 Å². The summed E-state index contributed by atoms with van der Waals surface area (Å²) in [7, 11) is 0. The first kappa shape index (κ1) is 19.3. The normalized spacial score (nSPS) is 12.1. The molecule has 0 radical (unpaired) electrons. The molecule has 2 N–H and O–H groups in total. The zero-order chi connectivity index (χ0) is 18.2. The Morgan fingerprint density at radius 3 is 2.76 bits per heavy atom. The zero-order valence-electron chi connectivity index (χ0n) is 13.6. The van der Waals surface area contributed by atoms with Crippen molar-refractivity contribution in [2.24, 2.45) is 5.10 Å². The fourth-order valence-electron chi connectivity index (χ4n) is 2.05. The van der Waals surface area contributed by atoms with Gasteiger partial charge in [0.25, 0.3) is 5.91 Å². The maximum Gasteiger partial charge on any atom is 0.281 e. The van der Waals surface area contributed by atoms with Gasteiger partial charge in [0.1, 0.15) is 11.5 Å². The van der Waals surface area contributed by atoms with Gasteiger partial charge in [0, 0.05) is 15.1 Å². The number of phenolic OH excluding ortho intramolecular Hbond substituents is 1. The molecule has 0 aromatic heterocycles. The van der Waals surface area contributed by atoms with Gasteiger partial charge in [-0.2, -0.15) is 5.10 Å². The number of aromatic hydroxyl groups is 1. The summed E-state index contributed by atoms with van der Waals surface area (Å²) < 4.78 is 6.51. The number of halogens is 2. The second kappa shape index (κ2) is 9.44. The molecule has 0 saturated heterocycles. The lowest BCUT2D eigenvalue weighted by Gasteiger charge is -2.16. The number of phenols is 1. The Morgan fingerprint density at radius 1 is 1.36 bits per heavy atom. The topological polar surface area (TPSA) is 70.9 Å². The summed E-state index contributed by atoms with van der Waals surface area (Å²) in [5.41, 5.74) is 2.93. The number of hydrogen-bond donors (Lipinski definition) is 2. The maximum absolute atomic E-state index is 12.3. The Morgan fingerprint density at radius 2 is 2.08 bits per heavy atom. The molecule has 132 valence electrons. The molecule has 0 heterocycles. The zero-order valence-corrected chi connectivity index (χ0v) is 15.9. The molecule has 2 aromatic rings. The van der Waals surface area contributed by atoms with Crippen molar-refractivity contribution >= 4 is 39.7 Å². The molecule has 0 spiro atoms. The van der Waals surface area contributed by atoms with Crippen LogP contribution in [-0.2, 0) is 4.79 Å². The van der Waals surface area contributed by atoms with Crippen molar-refractivity contribution in [2.75, 3.05) is 0 Å². The van der Waals surface area contributed by atoms with Gasteiger partial charge in [-0.15, -0.1) is 0 Å². The Kier molecular flexibility index (Phi) is 7.28. The Balaban J connectivity index is 2.00. The van der Waals surface area contributed by atoms with Crippen LogP contribution in [-0.4, -0.2) is 23.3 Å². The van der Waals surface area contributed by atoms with Crippen LogP contribution >= 0.6 is 27.5 Å². The van der Waals surface area contributed by atoms with Gasteiger partial charge in [-0.1, -0.05) is 40.9 Å². The van der Waals surface area contributed by atoms with Gasteiger partial charge in [-0.3, -0.25) is 4.79 Å². The number of carbonyl (C=O) groups excluding carboxylic acids is 1. The van der Waals surface area contributed by atoms with Gasteiger partial charge in [0.2, 0.25) is 0 Å². The lowest BCUT2D eigenvalue weighted by molar-refractivity contribution is -0.128. The van der Waals surface area contributed by atoms with E-state index in [-0.39, 0.29) is 11.7 Å². The van der Waals surface area contributed by atoms with Crippen LogP contribution in [0.5, 0.6) is 11.5 Å². The summed E-state index contributed by atoms with van der Waals surface area (Å²) in [6.07, 6.45) is 2.04. The maximum atomic E-state index is 12.3. The third-order valence-corrected chi connectivity index (χ3v) is 4.05. The van der Waals surface area contributed by atoms with E-state index in [2.05, 4.69) is 26.5 Å². The number of amides is 1. The van der Waals surface area contributed by atoms with Crippen molar-refractivity contribution in [1.29, 1.82) is 0 Å². The first-order chi connectivity index (χ1) is 12.0. The summed E-state index contributed by atoms with van der Waals surface area (Å²) in [5.74, 6) is 0.276. The van der Waals surface area contributed by atoms with Gasteiger partial charge in [0.05, 0.1) is 6.21 Å². The van der Waals surface area contributed by atoms with Gasteiger partial charge in [-0.25, -0.2) is 5.43 Å². The van der Waals surface area contributed by atoms with Gasteiger partial charge >= 0.3 is 0 Å². The molecule has 1 amide bonds. The van der Waals surface area contributed by atoms with Crippen molar-refractivity contribution in [3.05, 3.63) is 57.5 Å². The van der Waals surface area contributed by atoms with E-state index in [1.165, 1.54) is 12.3 Å². The number of benzene rings is 2. The van der Waals surface area contributed by atoms with Crippen LogP contribution in [0.1, 0.15) is 25.3 Å². The average Bonchev–Trinajstić information content (AvgIpc) is 2.59. The number of hydrogen-bond acceptors (Lipinski definition) is 4. The molecule has 5 nitrogen and oxygen atoms in total. The summed E-state index contributed by atoms with van der Waals surface area (Å²) in [4.78, 5) is 12.3. The molecular weight excluding hydrogens is 408 g/mol. The fraction of sp³-hybridized carbons (Fsp3) is 0.222. The number of ether oxygens (including phenoxy) is 1. The highest BCUT2D eigenvalue weighted by molar-refractivity contribution is 9.10. The number of nitrogens with one attached hydrogen (secondary N) is 1. The molecule has 25 heavy (non-hydrogen) atoms. The molecule has 0 aliphatic carbocycles. The van der Waals surface area contributed by atoms with E-state index in [0.717, 1.165) is 10.9 Å². The quantitative estimate of drug-likeness (QED) is 0.506. The summed E-state index contributed by atoms with van der Waals surface area (Å²) >= 11 is 9.16. The van der Waals surface area contributed by atoms with Crippen molar-refractivity contribution < 1.29 is 14.6 Å². The molecule has 2 aromatic carbocycles. The molecule has 0 aliphatic heterocycles. The van der Waals surface area contributed by atoms with Crippen molar-refractivity contribution in [2.45, 2.75) is 25.9 Å². The van der Waals surface area contributed by atoms with Crippen LogP contribution in [0.2, 0.25) is 5.02 Å². The van der Waals surface area contributed by atoms with E-state index < -0.39 is 6.10 Å². The molecule has 2 rings (SSSR count). The second-order valence-electron chi connectivity index (χ2n) is 5.29. The standard InChI is InChI=1S/C18H18BrClN2O3/c1-2-3-17(25-15-7-5-14(20)6-8-15)18(24)22-21-11-12-10-13(19)4-9-16(12)23/h4-11,17,23H,2-3H2,1H3,(H,22,24)/t17-/m0/s1. The number of nitrogens with zero attached hydrogens (tertiary/aromatic N) is 1. The SMILES string of the molecule is CCC[C@H](Oc1ccc(Cl)cc1)C(=O)NN=Cc1cc(Br)ccc1O. The van der Waals surface area contributed by atoms with Crippen LogP contribution in [0.4, 0.5) is 0 Å². The van der Waals surface area contributed by atoms with E-state index in [0.29, 0.717) is 22.8 Å². The predicted octanol–water partition coefficient (Wildman–Crippen LogP) is 4.51. The molecule has 1 atom stereocenters. The lowest BCUT2D eigenvalue weighted by Crippen LogP contribution is -2.35. The molecule has 0 saturated carbocycles.